The van der Waals surface area contributed by atoms with E-state index in [1.54, 1.807) is 12.1 Å². The molecule has 0 saturated heterocycles. The minimum atomic E-state index is -0.960. The molecule has 11 nitrogen and oxygen atoms in total. The molecule has 2 aromatic rings. The van der Waals surface area contributed by atoms with Gasteiger partial charge in [0, 0.05) is 6.61 Å². The molecule has 0 aliphatic rings. The van der Waals surface area contributed by atoms with Gasteiger partial charge in [0.25, 0.3) is 0 Å². The van der Waals surface area contributed by atoms with Crippen LogP contribution in [0.2, 0.25) is 0 Å². The van der Waals surface area contributed by atoms with Crippen LogP contribution in [0.3, 0.4) is 0 Å². The zero-order valence-corrected chi connectivity index (χ0v) is 18.6. The summed E-state index contributed by atoms with van der Waals surface area (Å²) in [5, 5.41) is 0. The topological polar surface area (TPSA) is 117 Å². The van der Waals surface area contributed by atoms with Crippen molar-refractivity contribution in [3.05, 3.63) is 60.7 Å². The Bertz CT molecular complexity index is 813. The molecular formula is C22H24O11. The van der Waals surface area contributed by atoms with Crippen molar-refractivity contribution in [3.63, 3.8) is 0 Å². The minimum Gasteiger partial charge on any atom is -0.496 e. The van der Waals surface area contributed by atoms with Crippen molar-refractivity contribution in [1.29, 1.82) is 0 Å². The van der Waals surface area contributed by atoms with Crippen LogP contribution in [0.4, 0.5) is 0 Å². The van der Waals surface area contributed by atoms with Gasteiger partial charge in [0.15, 0.2) is 0 Å². The van der Waals surface area contributed by atoms with Crippen molar-refractivity contribution >= 4 is 11.9 Å². The minimum absolute atomic E-state index is 0.0266. The first-order valence-electron chi connectivity index (χ1n) is 9.43. The van der Waals surface area contributed by atoms with Crippen LogP contribution in [0.5, 0.6) is 23.0 Å². The van der Waals surface area contributed by atoms with Gasteiger partial charge in [-0.25, -0.2) is 9.59 Å². The van der Waals surface area contributed by atoms with Crippen molar-refractivity contribution in [1.82, 2.24) is 0 Å². The highest BCUT2D eigenvalue weighted by molar-refractivity contribution is 5.96. The highest BCUT2D eigenvalue weighted by Crippen LogP contribution is 2.30. The van der Waals surface area contributed by atoms with E-state index < -0.39 is 18.2 Å². The summed E-state index contributed by atoms with van der Waals surface area (Å²) < 4.78 is 25.7. The molecule has 0 N–H and O–H groups in total. The fourth-order valence-corrected chi connectivity index (χ4v) is 2.57. The highest BCUT2D eigenvalue weighted by Gasteiger charge is 2.27. The van der Waals surface area contributed by atoms with Gasteiger partial charge in [-0.1, -0.05) is 12.1 Å². The third-order valence-electron chi connectivity index (χ3n) is 4.05. The first-order chi connectivity index (χ1) is 16.0. The van der Waals surface area contributed by atoms with E-state index in [-0.39, 0.29) is 47.3 Å². The molecule has 33 heavy (non-hydrogen) atoms. The number of ether oxygens (including phenoxy) is 5. The molecule has 11 heteroatoms. The summed E-state index contributed by atoms with van der Waals surface area (Å²) in [5.41, 5.74) is -0.0636. The predicted molar refractivity (Wildman–Crippen MR) is 112 cm³/mol. The van der Waals surface area contributed by atoms with Crippen LogP contribution in [0.15, 0.2) is 36.4 Å². The normalized spacial score (nSPS) is 10.5. The molecule has 2 rings (SSSR count). The van der Waals surface area contributed by atoms with E-state index in [4.69, 9.17) is 43.2 Å². The second-order valence-electron chi connectivity index (χ2n) is 5.91. The molecule has 0 fully saturated rings. The van der Waals surface area contributed by atoms with Gasteiger partial charge in [0.2, 0.25) is 0 Å². The first kappa shape index (κ1) is 25.7. The fourth-order valence-electron chi connectivity index (χ4n) is 2.57. The largest absolute Gasteiger partial charge is 0.496 e. The summed E-state index contributed by atoms with van der Waals surface area (Å²) in [6.45, 7) is 3.17. The molecule has 178 valence electrons. The number of carbonyl (C=O) groups is 2. The van der Waals surface area contributed by atoms with E-state index in [9.17, 15) is 9.59 Å². The maximum atomic E-state index is 12.5. The second kappa shape index (κ2) is 13.1. The Hall–Kier alpha value is -3.54. The SMILES string of the molecule is [CH2]COC[C](OOC(=O)c1c(OC)cccc1OC)OOC(=O)c1c(OC)cccc1OC. The van der Waals surface area contributed by atoms with E-state index in [2.05, 4.69) is 6.92 Å². The number of benzene rings is 2. The number of hydrogen-bond acceptors (Lipinski definition) is 11. The van der Waals surface area contributed by atoms with E-state index in [1.807, 2.05) is 0 Å². The van der Waals surface area contributed by atoms with Crippen LogP contribution < -0.4 is 18.9 Å². The average Bonchev–Trinajstić information content (AvgIpc) is 2.86. The number of rotatable bonds is 13. The van der Waals surface area contributed by atoms with E-state index in [1.165, 1.54) is 52.7 Å². The summed E-state index contributed by atoms with van der Waals surface area (Å²) in [5.74, 6) is -1.16. The molecule has 0 spiro atoms. The second-order valence-corrected chi connectivity index (χ2v) is 5.91. The van der Waals surface area contributed by atoms with E-state index in [0.29, 0.717) is 0 Å². The van der Waals surface area contributed by atoms with Crippen LogP contribution in [-0.2, 0) is 24.3 Å². The molecule has 0 bridgehead atoms. The molecule has 0 aliphatic heterocycles. The van der Waals surface area contributed by atoms with Gasteiger partial charge in [-0.05, 0) is 31.2 Å². The van der Waals surface area contributed by atoms with E-state index in [0.717, 1.165) is 0 Å². The quantitative estimate of drug-likeness (QED) is 0.322. The maximum Gasteiger partial charge on any atom is 0.380 e. The van der Waals surface area contributed by atoms with E-state index >= 15 is 0 Å². The maximum absolute atomic E-state index is 12.5. The van der Waals surface area contributed by atoms with Gasteiger partial charge >= 0.3 is 18.2 Å². The van der Waals surface area contributed by atoms with Crippen molar-refractivity contribution in [2.45, 2.75) is 0 Å². The Morgan fingerprint density at radius 3 is 1.33 bits per heavy atom. The summed E-state index contributed by atoms with van der Waals surface area (Å²) >= 11 is 0. The molecular weight excluding hydrogens is 440 g/mol. The van der Waals surface area contributed by atoms with Gasteiger partial charge in [0.1, 0.15) is 40.7 Å². The lowest BCUT2D eigenvalue weighted by atomic mass is 10.2. The molecule has 2 aromatic carbocycles. The Morgan fingerprint density at radius 1 is 0.667 bits per heavy atom. The third-order valence-corrected chi connectivity index (χ3v) is 4.05. The van der Waals surface area contributed by atoms with Crippen molar-refractivity contribution in [2.24, 2.45) is 0 Å². The smallest absolute Gasteiger partial charge is 0.380 e. The monoisotopic (exact) mass is 464 g/mol. The molecule has 0 saturated carbocycles. The standard InChI is InChI=1S/C22H24O11/c1-6-29-13-18(30-32-21(23)19-14(25-2)9-7-10-15(19)26-3)31-33-22(24)20-16(27-4)11-8-12-17(20)28-5/h7-12H,1,6,13H2,2-5H3. The molecule has 2 radical (unpaired) electrons. The van der Waals surface area contributed by atoms with Gasteiger partial charge < -0.3 is 23.7 Å². The Balaban J connectivity index is 2.09. The van der Waals surface area contributed by atoms with Crippen LogP contribution in [0, 0.1) is 13.2 Å². The lowest BCUT2D eigenvalue weighted by Gasteiger charge is -2.16. The Kier molecular flexibility index (Phi) is 10.2. The van der Waals surface area contributed by atoms with Gasteiger partial charge in [-0.15, -0.1) is 9.78 Å². The molecule has 0 aliphatic carbocycles. The van der Waals surface area contributed by atoms with Crippen LogP contribution in [-0.4, -0.2) is 53.6 Å². The van der Waals surface area contributed by atoms with Gasteiger partial charge in [-0.3, -0.25) is 9.78 Å². The molecule has 0 unspecified atom stereocenters. The molecule has 0 atom stereocenters. The first-order valence-corrected chi connectivity index (χ1v) is 9.43. The van der Waals surface area contributed by atoms with Crippen LogP contribution in [0.25, 0.3) is 0 Å². The van der Waals surface area contributed by atoms with Crippen LogP contribution in [0.1, 0.15) is 20.7 Å². The van der Waals surface area contributed by atoms with Gasteiger partial charge in [0.05, 0.1) is 28.4 Å². The lowest BCUT2D eigenvalue weighted by molar-refractivity contribution is -0.368. The summed E-state index contributed by atoms with van der Waals surface area (Å²) in [6.07, 6.45) is -0.497. The summed E-state index contributed by atoms with van der Waals surface area (Å²) in [4.78, 5) is 44.5. The third kappa shape index (κ3) is 6.72. The lowest BCUT2D eigenvalue weighted by Crippen LogP contribution is -2.21. The average molecular weight is 464 g/mol. The van der Waals surface area contributed by atoms with Gasteiger partial charge in [-0.2, -0.15) is 0 Å². The zero-order chi connectivity index (χ0) is 24.2. The summed E-state index contributed by atoms with van der Waals surface area (Å²) in [7, 11) is 5.50. The number of hydrogen-bond donors (Lipinski definition) is 0. The number of carbonyl (C=O) groups excluding carboxylic acids is 2. The van der Waals surface area contributed by atoms with Crippen molar-refractivity contribution in [2.75, 3.05) is 41.7 Å². The van der Waals surface area contributed by atoms with Crippen molar-refractivity contribution in [3.8, 4) is 23.0 Å². The molecule has 0 heterocycles. The number of methoxy groups -OCH3 is 4. The Labute approximate surface area is 190 Å². The molecule has 0 amide bonds. The van der Waals surface area contributed by atoms with Crippen molar-refractivity contribution < 1.29 is 52.8 Å². The van der Waals surface area contributed by atoms with Crippen LogP contribution >= 0.6 is 0 Å². The summed E-state index contributed by atoms with van der Waals surface area (Å²) in [6, 6.07) is 9.40. The predicted octanol–water partition coefficient (Wildman–Crippen LogP) is 2.94. The molecule has 0 aromatic heterocycles. The zero-order valence-electron chi connectivity index (χ0n) is 18.6. The highest BCUT2D eigenvalue weighted by atomic mass is 17.3. The fraction of sp³-hybridized carbons (Fsp3) is 0.273. The Morgan fingerprint density at radius 2 is 1.03 bits per heavy atom.